The molecule has 1 unspecified atom stereocenters. The predicted octanol–water partition coefficient (Wildman–Crippen LogP) is 2.99. The molecule has 0 radical (unpaired) electrons. The van der Waals surface area contributed by atoms with Crippen molar-refractivity contribution in [3.05, 3.63) is 65.2 Å². The molecular weight excluding hydrogens is 342 g/mol. The van der Waals surface area contributed by atoms with Crippen LogP contribution in [-0.2, 0) is 27.2 Å². The zero-order valence-corrected chi connectivity index (χ0v) is 16.0. The topological polar surface area (TPSA) is 48.0 Å². The quantitative estimate of drug-likeness (QED) is 0.702. The highest BCUT2D eigenvalue weighted by Crippen LogP contribution is 2.19. The number of hydrogen-bond acceptors (Lipinski definition) is 5. The fourth-order valence-corrected chi connectivity index (χ4v) is 3.24. The Labute approximate surface area is 160 Å². The Kier molecular flexibility index (Phi) is 6.85. The minimum Gasteiger partial charge on any atom is -0.496 e. The van der Waals surface area contributed by atoms with Crippen molar-refractivity contribution < 1.29 is 19.0 Å². The summed E-state index contributed by atoms with van der Waals surface area (Å²) in [6.07, 6.45) is 0.149. The van der Waals surface area contributed by atoms with Crippen molar-refractivity contribution in [2.75, 3.05) is 33.4 Å². The van der Waals surface area contributed by atoms with Crippen molar-refractivity contribution in [3.8, 4) is 5.75 Å². The number of hydrogen-bond donors (Lipinski definition) is 0. The lowest BCUT2D eigenvalue weighted by Gasteiger charge is -2.32. The minimum absolute atomic E-state index is 0.0843. The van der Waals surface area contributed by atoms with E-state index in [4.69, 9.17) is 14.2 Å². The normalized spacial score (nSPS) is 17.5. The first-order valence-electron chi connectivity index (χ1n) is 9.31. The van der Waals surface area contributed by atoms with E-state index in [-0.39, 0.29) is 25.1 Å². The van der Waals surface area contributed by atoms with Crippen molar-refractivity contribution in [2.45, 2.75) is 26.0 Å². The van der Waals surface area contributed by atoms with E-state index in [1.165, 1.54) is 5.56 Å². The molecule has 1 aliphatic rings. The smallest absolute Gasteiger partial charge is 0.310 e. The third kappa shape index (κ3) is 5.81. The van der Waals surface area contributed by atoms with E-state index in [2.05, 4.69) is 29.2 Å². The number of esters is 1. The van der Waals surface area contributed by atoms with Gasteiger partial charge in [-0.2, -0.15) is 0 Å². The Bertz CT molecular complexity index is 747. The zero-order valence-electron chi connectivity index (χ0n) is 16.0. The fourth-order valence-electron chi connectivity index (χ4n) is 3.24. The molecule has 5 nitrogen and oxygen atoms in total. The summed E-state index contributed by atoms with van der Waals surface area (Å²) in [6.45, 7) is 5.46. The number of ether oxygens (including phenoxy) is 3. The molecule has 0 bridgehead atoms. The first-order valence-corrected chi connectivity index (χ1v) is 9.31. The van der Waals surface area contributed by atoms with Crippen LogP contribution < -0.4 is 4.74 Å². The number of benzene rings is 2. The molecule has 1 atom stereocenters. The van der Waals surface area contributed by atoms with Crippen LogP contribution in [0.4, 0.5) is 0 Å². The standard InChI is InChI=1S/C22H27NO4/c1-17-8-9-19(12-21(17)25-2)13-22(24)27-16-20-15-23(10-11-26-20)14-18-6-4-3-5-7-18/h3-9,12,20H,10-11,13-16H2,1-2H3. The molecule has 2 aromatic carbocycles. The van der Waals surface area contributed by atoms with Crippen molar-refractivity contribution in [1.29, 1.82) is 0 Å². The van der Waals surface area contributed by atoms with Crippen molar-refractivity contribution in [3.63, 3.8) is 0 Å². The Morgan fingerprint density at radius 2 is 2.00 bits per heavy atom. The predicted molar refractivity (Wildman–Crippen MR) is 104 cm³/mol. The van der Waals surface area contributed by atoms with Gasteiger partial charge in [-0.15, -0.1) is 0 Å². The maximum absolute atomic E-state index is 12.2. The third-order valence-corrected chi connectivity index (χ3v) is 4.72. The molecule has 27 heavy (non-hydrogen) atoms. The van der Waals surface area contributed by atoms with Crippen LogP contribution in [0.15, 0.2) is 48.5 Å². The molecule has 1 fully saturated rings. The SMILES string of the molecule is COc1cc(CC(=O)OCC2CN(Cc3ccccc3)CCO2)ccc1C. The van der Waals surface area contributed by atoms with Crippen molar-refractivity contribution in [1.82, 2.24) is 4.90 Å². The fraction of sp³-hybridized carbons (Fsp3) is 0.409. The van der Waals surface area contributed by atoms with Gasteiger partial charge in [0.1, 0.15) is 18.5 Å². The van der Waals surface area contributed by atoms with Gasteiger partial charge in [0.15, 0.2) is 0 Å². The molecule has 0 N–H and O–H groups in total. The van der Waals surface area contributed by atoms with Crippen molar-refractivity contribution >= 4 is 5.97 Å². The molecule has 0 amide bonds. The minimum atomic E-state index is -0.246. The summed E-state index contributed by atoms with van der Waals surface area (Å²) in [5, 5.41) is 0. The van der Waals surface area contributed by atoms with Gasteiger partial charge in [0, 0.05) is 19.6 Å². The molecule has 1 aliphatic heterocycles. The van der Waals surface area contributed by atoms with Crippen molar-refractivity contribution in [2.24, 2.45) is 0 Å². The Morgan fingerprint density at radius 1 is 1.19 bits per heavy atom. The molecule has 144 valence electrons. The molecule has 0 saturated carbocycles. The molecule has 5 heteroatoms. The van der Waals surface area contributed by atoms with E-state index in [1.54, 1.807) is 7.11 Å². The summed E-state index contributed by atoms with van der Waals surface area (Å²) in [5.41, 5.74) is 3.21. The van der Waals surface area contributed by atoms with E-state index >= 15 is 0 Å². The molecule has 0 aliphatic carbocycles. The Hall–Kier alpha value is -2.37. The van der Waals surface area contributed by atoms with Gasteiger partial charge in [-0.05, 0) is 29.7 Å². The summed E-state index contributed by atoms with van der Waals surface area (Å²) in [6, 6.07) is 16.1. The summed E-state index contributed by atoms with van der Waals surface area (Å²) in [7, 11) is 1.63. The van der Waals surface area contributed by atoms with Gasteiger partial charge in [0.05, 0.1) is 20.1 Å². The maximum Gasteiger partial charge on any atom is 0.310 e. The van der Waals surface area contributed by atoms with Crippen LogP contribution in [0.5, 0.6) is 5.75 Å². The van der Waals surface area contributed by atoms with Gasteiger partial charge in [0.2, 0.25) is 0 Å². The van der Waals surface area contributed by atoms with Crippen LogP contribution in [0.2, 0.25) is 0 Å². The van der Waals surface area contributed by atoms with Crippen LogP contribution in [-0.4, -0.2) is 50.4 Å². The molecule has 0 spiro atoms. The average molecular weight is 369 g/mol. The number of carbonyl (C=O) groups is 1. The lowest BCUT2D eigenvalue weighted by atomic mass is 10.1. The van der Waals surface area contributed by atoms with Crippen LogP contribution in [0.25, 0.3) is 0 Å². The highest BCUT2D eigenvalue weighted by atomic mass is 16.6. The maximum atomic E-state index is 12.2. The van der Waals surface area contributed by atoms with E-state index in [0.717, 1.165) is 36.5 Å². The second kappa shape index (κ2) is 9.53. The molecule has 2 aromatic rings. The van der Waals surface area contributed by atoms with Gasteiger partial charge >= 0.3 is 5.97 Å². The number of rotatable bonds is 7. The van der Waals surface area contributed by atoms with Crippen LogP contribution in [0.1, 0.15) is 16.7 Å². The molecule has 1 saturated heterocycles. The number of nitrogens with zero attached hydrogens (tertiary/aromatic N) is 1. The molecular formula is C22H27NO4. The highest BCUT2D eigenvalue weighted by Gasteiger charge is 2.22. The second-order valence-corrected chi connectivity index (χ2v) is 6.88. The van der Waals surface area contributed by atoms with Crippen LogP contribution in [0.3, 0.4) is 0 Å². The summed E-state index contributed by atoms with van der Waals surface area (Å²) in [4.78, 5) is 14.5. The second-order valence-electron chi connectivity index (χ2n) is 6.88. The number of aryl methyl sites for hydroxylation is 1. The van der Waals surface area contributed by atoms with E-state index < -0.39 is 0 Å². The first-order chi connectivity index (χ1) is 13.1. The van der Waals surface area contributed by atoms with Gasteiger partial charge in [-0.25, -0.2) is 0 Å². The van der Waals surface area contributed by atoms with Gasteiger partial charge in [-0.1, -0.05) is 42.5 Å². The first kappa shape index (κ1) is 19.4. The summed E-state index contributed by atoms with van der Waals surface area (Å²) in [5.74, 6) is 0.539. The Balaban J connectivity index is 1.45. The highest BCUT2D eigenvalue weighted by molar-refractivity contribution is 5.72. The molecule has 1 heterocycles. The summed E-state index contributed by atoms with van der Waals surface area (Å²) < 4.78 is 16.5. The monoisotopic (exact) mass is 369 g/mol. The van der Waals surface area contributed by atoms with Crippen LogP contribution >= 0.6 is 0 Å². The Morgan fingerprint density at radius 3 is 2.78 bits per heavy atom. The van der Waals surface area contributed by atoms with E-state index in [1.807, 2.05) is 31.2 Å². The average Bonchev–Trinajstić information content (AvgIpc) is 2.69. The van der Waals surface area contributed by atoms with Gasteiger partial charge in [0.25, 0.3) is 0 Å². The zero-order chi connectivity index (χ0) is 19.1. The lowest BCUT2D eigenvalue weighted by molar-refractivity contribution is -0.149. The van der Waals surface area contributed by atoms with Crippen LogP contribution in [0, 0.1) is 6.92 Å². The number of morpholine rings is 1. The lowest BCUT2D eigenvalue weighted by Crippen LogP contribution is -2.44. The van der Waals surface area contributed by atoms with E-state index in [0.29, 0.717) is 6.61 Å². The van der Waals surface area contributed by atoms with Gasteiger partial charge in [-0.3, -0.25) is 9.69 Å². The van der Waals surface area contributed by atoms with E-state index in [9.17, 15) is 4.79 Å². The van der Waals surface area contributed by atoms with Gasteiger partial charge < -0.3 is 14.2 Å². The third-order valence-electron chi connectivity index (χ3n) is 4.72. The molecule has 0 aromatic heterocycles. The molecule has 3 rings (SSSR count). The summed E-state index contributed by atoms with van der Waals surface area (Å²) >= 11 is 0. The largest absolute Gasteiger partial charge is 0.496 e. The number of carbonyl (C=O) groups excluding carboxylic acids is 1. The number of methoxy groups -OCH3 is 1.